The van der Waals surface area contributed by atoms with E-state index in [1.165, 1.54) is 30.5 Å². The summed E-state index contributed by atoms with van der Waals surface area (Å²) in [5, 5.41) is 6.34. The van der Waals surface area contributed by atoms with E-state index in [0.29, 0.717) is 6.04 Å². The van der Waals surface area contributed by atoms with Crippen molar-refractivity contribution < 1.29 is 4.79 Å². The van der Waals surface area contributed by atoms with Crippen LogP contribution < -0.4 is 10.6 Å². The van der Waals surface area contributed by atoms with Crippen LogP contribution in [-0.2, 0) is 12.8 Å². The van der Waals surface area contributed by atoms with Crippen LogP contribution in [0.2, 0.25) is 0 Å². The summed E-state index contributed by atoms with van der Waals surface area (Å²) >= 11 is 0. The zero-order valence-corrected chi connectivity index (χ0v) is 14.3. The van der Waals surface area contributed by atoms with Gasteiger partial charge >= 0.3 is 6.03 Å². The van der Waals surface area contributed by atoms with Gasteiger partial charge in [0.15, 0.2) is 0 Å². The summed E-state index contributed by atoms with van der Waals surface area (Å²) in [6.45, 7) is 1.17. The zero-order valence-electron chi connectivity index (χ0n) is 14.3. The maximum absolute atomic E-state index is 12.2. The van der Waals surface area contributed by atoms with E-state index in [-0.39, 0.29) is 12.1 Å². The molecular weight excluding hydrogens is 286 g/mol. The lowest BCUT2D eigenvalue weighted by Gasteiger charge is -2.31. The lowest BCUT2D eigenvalue weighted by molar-refractivity contribution is 0.213. The van der Waals surface area contributed by atoms with Crippen molar-refractivity contribution in [2.45, 2.75) is 50.6 Å². The molecule has 1 aromatic carbocycles. The van der Waals surface area contributed by atoms with Gasteiger partial charge in [0.05, 0.1) is 0 Å². The molecule has 1 saturated carbocycles. The number of nitrogens with zero attached hydrogens (tertiary/aromatic N) is 1. The third-order valence-corrected chi connectivity index (χ3v) is 5.19. The van der Waals surface area contributed by atoms with Gasteiger partial charge in [-0.2, -0.15) is 0 Å². The number of hydrogen-bond donors (Lipinski definition) is 2. The lowest BCUT2D eigenvalue weighted by Crippen LogP contribution is -2.47. The summed E-state index contributed by atoms with van der Waals surface area (Å²) in [5.74, 6) is 0.787. The molecule has 1 fully saturated rings. The predicted molar refractivity (Wildman–Crippen MR) is 93.6 cm³/mol. The van der Waals surface area contributed by atoms with Gasteiger partial charge in [0.1, 0.15) is 0 Å². The molecule has 0 atom stereocenters. The van der Waals surface area contributed by atoms with Crippen LogP contribution in [0.1, 0.15) is 36.8 Å². The molecule has 2 aliphatic carbocycles. The van der Waals surface area contributed by atoms with Crippen LogP contribution in [-0.4, -0.2) is 43.7 Å². The molecule has 3 rings (SSSR count). The fourth-order valence-electron chi connectivity index (χ4n) is 4.08. The van der Waals surface area contributed by atoms with E-state index >= 15 is 0 Å². The number of amides is 2. The van der Waals surface area contributed by atoms with Crippen molar-refractivity contribution in [1.82, 2.24) is 15.5 Å². The van der Waals surface area contributed by atoms with Crippen molar-refractivity contribution in [3.8, 4) is 0 Å². The van der Waals surface area contributed by atoms with E-state index in [4.69, 9.17) is 0 Å². The molecule has 2 N–H and O–H groups in total. The van der Waals surface area contributed by atoms with Gasteiger partial charge in [0.25, 0.3) is 0 Å². The Balaban J connectivity index is 1.40. The molecule has 0 saturated heterocycles. The molecule has 0 radical (unpaired) electrons. The zero-order chi connectivity index (χ0) is 16.2. The van der Waals surface area contributed by atoms with Crippen molar-refractivity contribution in [1.29, 1.82) is 0 Å². The highest BCUT2D eigenvalue weighted by atomic mass is 16.2. The van der Waals surface area contributed by atoms with Crippen molar-refractivity contribution >= 4 is 6.03 Å². The van der Waals surface area contributed by atoms with E-state index < -0.39 is 0 Å². The Morgan fingerprint density at radius 1 is 1.00 bits per heavy atom. The second kappa shape index (κ2) is 7.35. The summed E-state index contributed by atoms with van der Waals surface area (Å²) < 4.78 is 0. The second-order valence-corrected chi connectivity index (χ2v) is 7.47. The highest BCUT2D eigenvalue weighted by Gasteiger charge is 2.25. The maximum Gasteiger partial charge on any atom is 0.315 e. The summed E-state index contributed by atoms with van der Waals surface area (Å²) in [6.07, 6.45) is 6.57. The number of carbonyl (C=O) groups excluding carboxylic acids is 1. The molecule has 0 unspecified atom stereocenters. The molecule has 126 valence electrons. The molecule has 2 aliphatic rings. The lowest BCUT2D eigenvalue weighted by atomic mass is 9.86. The summed E-state index contributed by atoms with van der Waals surface area (Å²) in [5.41, 5.74) is 2.75. The van der Waals surface area contributed by atoms with Crippen molar-refractivity contribution in [3.05, 3.63) is 35.4 Å². The van der Waals surface area contributed by atoms with E-state index in [9.17, 15) is 4.79 Å². The minimum atomic E-state index is 0.0128. The van der Waals surface area contributed by atoms with E-state index in [1.54, 1.807) is 0 Å². The number of rotatable bonds is 4. The Labute approximate surface area is 139 Å². The standard InChI is InChI=1S/C19H29N3O/c1-22(2)13-14-7-9-17(10-8-14)20-19(23)21-18-11-15-5-3-4-6-16(15)12-18/h3-6,14,17-18H,7-13H2,1-2H3,(H2,20,21,23). The number of benzene rings is 1. The average Bonchev–Trinajstić information content (AvgIpc) is 2.90. The van der Waals surface area contributed by atoms with Crippen molar-refractivity contribution in [3.63, 3.8) is 0 Å². The Bertz CT molecular complexity index is 510. The topological polar surface area (TPSA) is 44.4 Å². The van der Waals surface area contributed by atoms with E-state index in [1.807, 2.05) is 0 Å². The Morgan fingerprint density at radius 2 is 1.57 bits per heavy atom. The molecule has 0 aromatic heterocycles. The number of nitrogens with one attached hydrogen (secondary N) is 2. The molecule has 4 heteroatoms. The first-order valence-corrected chi connectivity index (χ1v) is 8.88. The van der Waals surface area contributed by atoms with Crippen molar-refractivity contribution in [2.75, 3.05) is 20.6 Å². The van der Waals surface area contributed by atoms with E-state index in [2.05, 4.69) is 53.9 Å². The van der Waals surface area contributed by atoms with Crippen LogP contribution in [0.25, 0.3) is 0 Å². The Morgan fingerprint density at radius 3 is 2.13 bits per heavy atom. The van der Waals surface area contributed by atoms with Gasteiger partial charge in [0, 0.05) is 18.6 Å². The fraction of sp³-hybridized carbons (Fsp3) is 0.632. The van der Waals surface area contributed by atoms with Gasteiger partial charge in [-0.05, 0) is 69.7 Å². The average molecular weight is 315 g/mol. The van der Waals surface area contributed by atoms with Gasteiger partial charge in [-0.1, -0.05) is 24.3 Å². The first-order valence-electron chi connectivity index (χ1n) is 8.88. The SMILES string of the molecule is CN(C)CC1CCC(NC(=O)NC2Cc3ccccc3C2)CC1. The molecule has 0 bridgehead atoms. The predicted octanol–water partition coefficient (Wildman–Crippen LogP) is 2.57. The number of urea groups is 1. The Hall–Kier alpha value is -1.55. The maximum atomic E-state index is 12.2. The third kappa shape index (κ3) is 4.47. The van der Waals surface area contributed by atoms with E-state index in [0.717, 1.165) is 31.6 Å². The Kier molecular flexibility index (Phi) is 5.21. The minimum Gasteiger partial charge on any atom is -0.335 e. The largest absolute Gasteiger partial charge is 0.335 e. The van der Waals surface area contributed by atoms with Gasteiger partial charge in [-0.25, -0.2) is 4.79 Å². The molecular formula is C19H29N3O. The highest BCUT2D eigenvalue weighted by Crippen LogP contribution is 2.25. The van der Waals surface area contributed by atoms with Gasteiger partial charge in [-0.3, -0.25) is 0 Å². The number of carbonyl (C=O) groups is 1. The molecule has 0 heterocycles. The van der Waals surface area contributed by atoms with Crippen LogP contribution >= 0.6 is 0 Å². The minimum absolute atomic E-state index is 0.0128. The first-order chi connectivity index (χ1) is 11.1. The van der Waals surface area contributed by atoms with Gasteiger partial charge in [0.2, 0.25) is 0 Å². The molecule has 1 aromatic rings. The number of fused-ring (bicyclic) bond motifs is 1. The summed E-state index contributed by atoms with van der Waals surface area (Å²) in [7, 11) is 4.27. The smallest absolute Gasteiger partial charge is 0.315 e. The van der Waals surface area contributed by atoms with Crippen molar-refractivity contribution in [2.24, 2.45) is 5.92 Å². The van der Waals surface area contributed by atoms with Crippen LogP contribution in [0.3, 0.4) is 0 Å². The molecule has 23 heavy (non-hydrogen) atoms. The second-order valence-electron chi connectivity index (χ2n) is 7.47. The summed E-state index contributed by atoms with van der Waals surface area (Å²) in [6, 6.07) is 9.09. The van der Waals surface area contributed by atoms with Crippen LogP contribution in [0.15, 0.2) is 24.3 Å². The first kappa shape index (κ1) is 16.3. The van der Waals surface area contributed by atoms with Gasteiger partial charge < -0.3 is 15.5 Å². The summed E-state index contributed by atoms with van der Waals surface area (Å²) in [4.78, 5) is 14.5. The molecule has 0 spiro atoms. The molecule has 0 aliphatic heterocycles. The monoisotopic (exact) mass is 315 g/mol. The van der Waals surface area contributed by atoms with Crippen LogP contribution in [0.5, 0.6) is 0 Å². The highest BCUT2D eigenvalue weighted by molar-refractivity contribution is 5.74. The van der Waals surface area contributed by atoms with Gasteiger partial charge in [-0.15, -0.1) is 0 Å². The normalized spacial score (nSPS) is 24.5. The quantitative estimate of drug-likeness (QED) is 0.897. The molecule has 2 amide bonds. The van der Waals surface area contributed by atoms with Crippen LogP contribution in [0.4, 0.5) is 4.79 Å². The fourth-order valence-corrected chi connectivity index (χ4v) is 4.08. The molecule has 4 nitrogen and oxygen atoms in total. The third-order valence-electron chi connectivity index (χ3n) is 5.19. The number of hydrogen-bond acceptors (Lipinski definition) is 2. The van der Waals surface area contributed by atoms with Crippen LogP contribution in [0, 0.1) is 5.92 Å².